The molecule has 3 heterocycles. The monoisotopic (exact) mass is 483 g/mol. The van der Waals surface area contributed by atoms with Crippen LogP contribution >= 0.6 is 0 Å². The maximum Gasteiger partial charge on any atom is 0.339 e. The minimum atomic E-state index is -0.569. The summed E-state index contributed by atoms with van der Waals surface area (Å²) in [5.74, 6) is 1.18. The van der Waals surface area contributed by atoms with E-state index >= 15 is 0 Å². The van der Waals surface area contributed by atoms with E-state index < -0.39 is 18.5 Å². The summed E-state index contributed by atoms with van der Waals surface area (Å²) in [6, 6.07) is 14.8. The number of anilines is 1. The first-order valence-corrected chi connectivity index (χ1v) is 11.5. The summed E-state index contributed by atoms with van der Waals surface area (Å²) in [6.07, 6.45) is 3.41. The SMILES string of the molecule is Cc1cc(NC(=O)COC(=O)c2c3c(nc4ccccc24)/C(=C/c2ccc4c(c2)OCO4)CC3)no1. The molecule has 9 nitrogen and oxygen atoms in total. The summed E-state index contributed by atoms with van der Waals surface area (Å²) in [4.78, 5) is 30.4. The van der Waals surface area contributed by atoms with Crippen LogP contribution in [0, 0.1) is 6.92 Å². The van der Waals surface area contributed by atoms with Gasteiger partial charge in [0.05, 0.1) is 16.8 Å². The number of esters is 1. The van der Waals surface area contributed by atoms with Gasteiger partial charge in [-0.05, 0) is 60.7 Å². The lowest BCUT2D eigenvalue weighted by Gasteiger charge is -2.12. The van der Waals surface area contributed by atoms with Gasteiger partial charge in [0.1, 0.15) is 5.76 Å². The number of benzene rings is 2. The minimum Gasteiger partial charge on any atom is -0.454 e. The average Bonchev–Trinajstić information content (AvgIpc) is 3.61. The largest absolute Gasteiger partial charge is 0.454 e. The van der Waals surface area contributed by atoms with Crippen molar-refractivity contribution in [3.8, 4) is 11.5 Å². The summed E-state index contributed by atoms with van der Waals surface area (Å²) in [5, 5.41) is 6.96. The Morgan fingerprint density at radius 1 is 1.08 bits per heavy atom. The van der Waals surface area contributed by atoms with Gasteiger partial charge in [0.2, 0.25) is 6.79 Å². The van der Waals surface area contributed by atoms with E-state index in [1.165, 1.54) is 0 Å². The molecule has 1 N–H and O–H groups in total. The first kappa shape index (κ1) is 21.8. The number of hydrogen-bond donors (Lipinski definition) is 1. The molecule has 0 atom stereocenters. The van der Waals surface area contributed by atoms with Crippen LogP contribution < -0.4 is 14.8 Å². The average molecular weight is 483 g/mol. The van der Waals surface area contributed by atoms with Gasteiger partial charge < -0.3 is 24.1 Å². The second kappa shape index (κ2) is 8.84. The molecule has 0 fully saturated rings. The van der Waals surface area contributed by atoms with E-state index in [0.717, 1.165) is 34.6 Å². The third-order valence-corrected chi connectivity index (χ3v) is 6.11. The molecule has 0 radical (unpaired) electrons. The number of aryl methyl sites for hydroxylation is 1. The number of pyridine rings is 1. The number of carbonyl (C=O) groups excluding carboxylic acids is 2. The Kier molecular flexibility index (Phi) is 5.37. The summed E-state index contributed by atoms with van der Waals surface area (Å²) in [5.41, 5.74) is 4.68. The zero-order valence-corrected chi connectivity index (χ0v) is 19.4. The van der Waals surface area contributed by atoms with Crippen molar-refractivity contribution in [3.63, 3.8) is 0 Å². The fourth-order valence-electron chi connectivity index (χ4n) is 4.52. The molecule has 9 heteroatoms. The van der Waals surface area contributed by atoms with E-state index in [-0.39, 0.29) is 12.6 Å². The standard InChI is InChI=1S/C27H21N3O6/c1-15-10-23(30-36-15)29-24(31)13-33-27(32)25-18-4-2-3-5-20(18)28-26-17(7-8-19(25)26)11-16-6-9-21-22(12-16)35-14-34-21/h2-6,9-12H,7-8,13-14H2,1H3,(H,29,30,31)/b17-11+. The van der Waals surface area contributed by atoms with Gasteiger partial charge in [-0.15, -0.1) is 0 Å². The highest BCUT2D eigenvalue weighted by atomic mass is 16.7. The lowest BCUT2D eigenvalue weighted by atomic mass is 10.0. The summed E-state index contributed by atoms with van der Waals surface area (Å²) < 4.78 is 21.3. The molecule has 0 saturated heterocycles. The van der Waals surface area contributed by atoms with Crippen molar-refractivity contribution in [2.75, 3.05) is 18.7 Å². The van der Waals surface area contributed by atoms with E-state index in [9.17, 15) is 9.59 Å². The molecule has 36 heavy (non-hydrogen) atoms. The molecular weight excluding hydrogens is 462 g/mol. The maximum atomic E-state index is 13.3. The minimum absolute atomic E-state index is 0.216. The van der Waals surface area contributed by atoms with Gasteiger partial charge >= 0.3 is 5.97 Å². The molecule has 4 aromatic rings. The Balaban J connectivity index is 1.30. The number of nitrogens with zero attached hydrogens (tertiary/aromatic N) is 2. The molecule has 1 amide bonds. The quantitative estimate of drug-likeness (QED) is 0.412. The van der Waals surface area contributed by atoms with Crippen LogP contribution in [0.2, 0.25) is 0 Å². The van der Waals surface area contributed by atoms with Crippen molar-refractivity contribution in [1.29, 1.82) is 0 Å². The Labute approximate surface area is 205 Å². The second-order valence-corrected chi connectivity index (χ2v) is 8.56. The number of carbonyl (C=O) groups is 2. The number of para-hydroxylation sites is 1. The van der Waals surface area contributed by atoms with Crippen LogP contribution in [0.15, 0.2) is 53.1 Å². The fraction of sp³-hybridized carbons (Fsp3) is 0.185. The van der Waals surface area contributed by atoms with Gasteiger partial charge in [-0.1, -0.05) is 29.4 Å². The summed E-state index contributed by atoms with van der Waals surface area (Å²) in [7, 11) is 0. The van der Waals surface area contributed by atoms with Gasteiger partial charge in [-0.25, -0.2) is 9.78 Å². The molecule has 0 unspecified atom stereocenters. The topological polar surface area (TPSA) is 113 Å². The Morgan fingerprint density at radius 2 is 1.94 bits per heavy atom. The first-order valence-electron chi connectivity index (χ1n) is 11.5. The number of hydrogen-bond acceptors (Lipinski definition) is 8. The summed E-state index contributed by atoms with van der Waals surface area (Å²) >= 11 is 0. The van der Waals surface area contributed by atoms with Crippen LogP contribution in [-0.2, 0) is 16.0 Å². The zero-order valence-electron chi connectivity index (χ0n) is 19.4. The number of amides is 1. The van der Waals surface area contributed by atoms with E-state index in [1.54, 1.807) is 13.0 Å². The van der Waals surface area contributed by atoms with Crippen LogP contribution in [-0.4, -0.2) is 35.4 Å². The van der Waals surface area contributed by atoms with Gasteiger partial charge in [0.25, 0.3) is 5.91 Å². The van der Waals surface area contributed by atoms with Gasteiger partial charge in [0.15, 0.2) is 23.9 Å². The number of allylic oxidation sites excluding steroid dienone is 1. The van der Waals surface area contributed by atoms with Crippen LogP contribution in [0.3, 0.4) is 0 Å². The second-order valence-electron chi connectivity index (χ2n) is 8.56. The number of aromatic nitrogens is 2. The Hall–Kier alpha value is -4.66. The predicted octanol–water partition coefficient (Wildman–Crippen LogP) is 4.54. The Morgan fingerprint density at radius 3 is 2.81 bits per heavy atom. The van der Waals surface area contributed by atoms with Crippen LogP contribution in [0.5, 0.6) is 11.5 Å². The van der Waals surface area contributed by atoms with Crippen LogP contribution in [0.4, 0.5) is 5.82 Å². The molecule has 2 aromatic carbocycles. The molecule has 6 rings (SSSR count). The molecule has 2 aromatic heterocycles. The van der Waals surface area contributed by atoms with Crippen LogP contribution in [0.1, 0.15) is 39.4 Å². The molecule has 0 bridgehead atoms. The first-order chi connectivity index (χ1) is 17.5. The zero-order chi connectivity index (χ0) is 24.6. The highest BCUT2D eigenvalue weighted by Gasteiger charge is 2.28. The van der Waals surface area contributed by atoms with Crippen molar-refractivity contribution in [1.82, 2.24) is 10.1 Å². The molecule has 0 spiro atoms. The van der Waals surface area contributed by atoms with E-state index in [1.807, 2.05) is 42.5 Å². The number of ether oxygens (including phenoxy) is 3. The smallest absolute Gasteiger partial charge is 0.339 e. The lowest BCUT2D eigenvalue weighted by Crippen LogP contribution is -2.22. The molecule has 0 saturated carbocycles. The molecule has 1 aliphatic carbocycles. The van der Waals surface area contributed by atoms with Crippen molar-refractivity contribution in [3.05, 3.63) is 76.7 Å². The van der Waals surface area contributed by atoms with Crippen molar-refractivity contribution in [2.24, 2.45) is 0 Å². The molecule has 2 aliphatic rings. The molecule has 180 valence electrons. The highest BCUT2D eigenvalue weighted by molar-refractivity contribution is 6.08. The van der Waals surface area contributed by atoms with E-state index in [0.29, 0.717) is 34.4 Å². The third-order valence-electron chi connectivity index (χ3n) is 6.11. The van der Waals surface area contributed by atoms with Gasteiger partial charge in [-0.2, -0.15) is 0 Å². The van der Waals surface area contributed by atoms with Gasteiger partial charge in [-0.3, -0.25) is 4.79 Å². The van der Waals surface area contributed by atoms with Crippen LogP contribution in [0.25, 0.3) is 22.6 Å². The van der Waals surface area contributed by atoms with E-state index in [4.69, 9.17) is 23.7 Å². The molecule has 1 aliphatic heterocycles. The number of rotatable bonds is 5. The normalized spacial score (nSPS) is 14.8. The predicted molar refractivity (Wildman–Crippen MR) is 131 cm³/mol. The van der Waals surface area contributed by atoms with E-state index in [2.05, 4.69) is 16.5 Å². The van der Waals surface area contributed by atoms with Crippen molar-refractivity contribution in [2.45, 2.75) is 19.8 Å². The lowest BCUT2D eigenvalue weighted by molar-refractivity contribution is -0.119. The highest BCUT2D eigenvalue weighted by Crippen LogP contribution is 2.39. The number of fused-ring (bicyclic) bond motifs is 3. The fourth-order valence-corrected chi connectivity index (χ4v) is 4.52. The third kappa shape index (κ3) is 4.04. The van der Waals surface area contributed by atoms with Crippen molar-refractivity contribution >= 4 is 40.2 Å². The maximum absolute atomic E-state index is 13.3. The number of nitrogens with one attached hydrogen (secondary N) is 1. The van der Waals surface area contributed by atoms with Gasteiger partial charge in [0, 0.05) is 11.5 Å². The van der Waals surface area contributed by atoms with Crippen molar-refractivity contribution < 1.29 is 28.3 Å². The molecular formula is C27H21N3O6. The summed E-state index contributed by atoms with van der Waals surface area (Å²) in [6.45, 7) is 1.48. The Bertz CT molecular complexity index is 1550.